The van der Waals surface area contributed by atoms with Crippen LogP contribution in [0.5, 0.6) is 0 Å². The molecular formula is C54H44N2S2. The SMILES string of the molecule is Cc1ccccc1N(c1c(C)cc(-c2cc(C)c(N(c3ccccc3C)c3cccc4c3sc3ccccc34)c(C)c2)cc1C)c1cccc2c1sc1ccccc12. The van der Waals surface area contributed by atoms with Gasteiger partial charge in [-0.25, -0.2) is 0 Å². The second-order valence-corrected chi connectivity index (χ2v) is 17.8. The molecule has 58 heavy (non-hydrogen) atoms. The number of para-hydroxylation sites is 2. The first-order chi connectivity index (χ1) is 28.3. The van der Waals surface area contributed by atoms with Crippen LogP contribution in [-0.4, -0.2) is 0 Å². The maximum Gasteiger partial charge on any atom is 0.0640 e. The van der Waals surface area contributed by atoms with Crippen LogP contribution in [0.3, 0.4) is 0 Å². The Hall–Kier alpha value is -6.20. The lowest BCUT2D eigenvalue weighted by Gasteiger charge is -2.31. The minimum atomic E-state index is 1.20. The molecule has 0 aliphatic heterocycles. The van der Waals surface area contributed by atoms with Gasteiger partial charge in [0.05, 0.1) is 32.1 Å². The van der Waals surface area contributed by atoms with Crippen molar-refractivity contribution in [3.05, 3.63) is 191 Å². The van der Waals surface area contributed by atoms with Gasteiger partial charge in [-0.3, -0.25) is 0 Å². The maximum atomic E-state index is 2.51. The normalized spacial score (nSPS) is 11.6. The quantitative estimate of drug-likeness (QED) is 0.159. The third-order valence-corrected chi connectivity index (χ3v) is 14.1. The van der Waals surface area contributed by atoms with Gasteiger partial charge < -0.3 is 9.80 Å². The van der Waals surface area contributed by atoms with Gasteiger partial charge >= 0.3 is 0 Å². The number of fused-ring (bicyclic) bond motifs is 6. The number of hydrogen-bond acceptors (Lipinski definition) is 4. The fourth-order valence-electron chi connectivity index (χ4n) is 9.14. The van der Waals surface area contributed by atoms with Gasteiger partial charge in [0, 0.05) is 42.3 Å². The highest BCUT2D eigenvalue weighted by molar-refractivity contribution is 7.26. The Balaban J connectivity index is 1.12. The van der Waals surface area contributed by atoms with Crippen LogP contribution in [0.2, 0.25) is 0 Å². The third-order valence-electron chi connectivity index (χ3n) is 11.7. The Morgan fingerprint density at radius 3 is 1.03 bits per heavy atom. The Morgan fingerprint density at radius 2 is 0.638 bits per heavy atom. The van der Waals surface area contributed by atoms with E-state index >= 15 is 0 Å². The molecule has 2 aromatic heterocycles. The smallest absolute Gasteiger partial charge is 0.0640 e. The van der Waals surface area contributed by atoms with Crippen LogP contribution in [0.1, 0.15) is 33.4 Å². The molecule has 0 aliphatic rings. The lowest BCUT2D eigenvalue weighted by Crippen LogP contribution is -2.15. The van der Waals surface area contributed by atoms with Crippen molar-refractivity contribution in [1.29, 1.82) is 0 Å². The zero-order valence-corrected chi connectivity index (χ0v) is 35.4. The molecule has 0 spiro atoms. The molecule has 0 saturated carbocycles. The molecule has 0 saturated heterocycles. The number of aryl methyl sites for hydroxylation is 6. The van der Waals surface area contributed by atoms with Crippen LogP contribution in [0.15, 0.2) is 158 Å². The van der Waals surface area contributed by atoms with E-state index in [0.29, 0.717) is 0 Å². The molecule has 8 aromatic carbocycles. The van der Waals surface area contributed by atoms with Crippen molar-refractivity contribution in [2.45, 2.75) is 41.5 Å². The number of thiophene rings is 2. The van der Waals surface area contributed by atoms with Crippen LogP contribution in [-0.2, 0) is 0 Å². The first kappa shape index (κ1) is 36.2. The highest BCUT2D eigenvalue weighted by atomic mass is 32.1. The summed E-state index contributed by atoms with van der Waals surface area (Å²) in [6.07, 6.45) is 0. The summed E-state index contributed by atoms with van der Waals surface area (Å²) in [7, 11) is 0. The third kappa shape index (κ3) is 5.90. The summed E-state index contributed by atoms with van der Waals surface area (Å²) in [4.78, 5) is 5.02. The van der Waals surface area contributed by atoms with E-state index in [4.69, 9.17) is 0 Å². The van der Waals surface area contributed by atoms with E-state index in [1.54, 1.807) is 0 Å². The molecule has 0 aliphatic carbocycles. The van der Waals surface area contributed by atoms with Gasteiger partial charge in [-0.15, -0.1) is 22.7 Å². The molecule has 0 unspecified atom stereocenters. The summed E-state index contributed by atoms with van der Waals surface area (Å²) >= 11 is 3.77. The minimum Gasteiger partial charge on any atom is -0.308 e. The number of anilines is 6. The molecule has 10 aromatic rings. The molecule has 0 amide bonds. The van der Waals surface area contributed by atoms with Crippen molar-refractivity contribution in [1.82, 2.24) is 0 Å². The van der Waals surface area contributed by atoms with E-state index < -0.39 is 0 Å². The standard InChI is InChI=1S/C54H44N2S2/c1-33-17-7-11-23-45(33)55(47-25-15-21-43-41-19-9-13-27-49(41)57-53(43)47)51-35(3)29-39(30-36(51)4)40-31-37(5)52(38(6)32-40)56(46-24-12-8-18-34(46)2)48-26-16-22-44-42-20-10-14-28-50(42)58-54(44)48/h7-32H,1-6H3. The minimum absolute atomic E-state index is 1.20. The summed E-state index contributed by atoms with van der Waals surface area (Å²) in [5.74, 6) is 0. The van der Waals surface area contributed by atoms with Crippen LogP contribution in [0, 0.1) is 41.5 Å². The van der Waals surface area contributed by atoms with Gasteiger partial charge in [-0.1, -0.05) is 97.1 Å². The highest BCUT2D eigenvalue weighted by Crippen LogP contribution is 2.50. The van der Waals surface area contributed by atoms with Crippen LogP contribution in [0.25, 0.3) is 51.5 Å². The largest absolute Gasteiger partial charge is 0.308 e. The zero-order valence-electron chi connectivity index (χ0n) is 33.7. The van der Waals surface area contributed by atoms with Gasteiger partial charge in [0.2, 0.25) is 0 Å². The number of benzene rings is 8. The zero-order chi connectivity index (χ0) is 39.7. The monoisotopic (exact) mass is 784 g/mol. The summed E-state index contributed by atoms with van der Waals surface area (Å²) in [6, 6.07) is 58.3. The summed E-state index contributed by atoms with van der Waals surface area (Å²) < 4.78 is 5.24. The molecule has 4 heteroatoms. The number of rotatable bonds is 7. The second-order valence-electron chi connectivity index (χ2n) is 15.7. The topological polar surface area (TPSA) is 6.48 Å². The maximum absolute atomic E-state index is 2.51. The Labute approximate surface area is 348 Å². The van der Waals surface area contributed by atoms with Crippen molar-refractivity contribution in [2.75, 3.05) is 9.80 Å². The number of hydrogen-bond donors (Lipinski definition) is 0. The van der Waals surface area contributed by atoms with E-state index in [0.717, 1.165) is 0 Å². The molecule has 0 radical (unpaired) electrons. The lowest BCUT2D eigenvalue weighted by molar-refractivity contribution is 1.20. The van der Waals surface area contributed by atoms with E-state index in [1.165, 1.54) is 119 Å². The second kappa shape index (κ2) is 14.3. The van der Waals surface area contributed by atoms with E-state index in [9.17, 15) is 0 Å². The van der Waals surface area contributed by atoms with Gasteiger partial charge in [-0.2, -0.15) is 0 Å². The first-order valence-corrected chi connectivity index (χ1v) is 21.6. The lowest BCUT2D eigenvalue weighted by atomic mass is 9.93. The Kier molecular flexibility index (Phi) is 8.93. The van der Waals surface area contributed by atoms with Gasteiger partial charge in [-0.05, 0) is 147 Å². The Bertz CT molecular complexity index is 2960. The van der Waals surface area contributed by atoms with Crippen molar-refractivity contribution in [3.8, 4) is 11.1 Å². The summed E-state index contributed by atoms with van der Waals surface area (Å²) in [6.45, 7) is 13.6. The van der Waals surface area contributed by atoms with E-state index in [2.05, 4.69) is 209 Å². The predicted molar refractivity (Wildman–Crippen MR) is 255 cm³/mol. The molecular weight excluding hydrogens is 741 g/mol. The van der Waals surface area contributed by atoms with Crippen molar-refractivity contribution >= 4 is 97.1 Å². The molecule has 0 bridgehead atoms. The summed E-state index contributed by atoms with van der Waals surface area (Å²) in [5, 5.41) is 5.23. The molecule has 282 valence electrons. The average molecular weight is 785 g/mol. The van der Waals surface area contributed by atoms with Crippen LogP contribution >= 0.6 is 22.7 Å². The first-order valence-electron chi connectivity index (χ1n) is 20.0. The van der Waals surface area contributed by atoms with Crippen molar-refractivity contribution in [2.24, 2.45) is 0 Å². The molecule has 10 rings (SSSR count). The van der Waals surface area contributed by atoms with E-state index in [-0.39, 0.29) is 0 Å². The average Bonchev–Trinajstić information content (AvgIpc) is 3.80. The van der Waals surface area contributed by atoms with Gasteiger partial charge in [0.1, 0.15) is 0 Å². The highest BCUT2D eigenvalue weighted by Gasteiger charge is 2.25. The number of nitrogens with zero attached hydrogens (tertiary/aromatic N) is 2. The summed E-state index contributed by atoms with van der Waals surface area (Å²) in [5.41, 5.74) is 17.2. The van der Waals surface area contributed by atoms with Crippen LogP contribution in [0.4, 0.5) is 34.1 Å². The predicted octanol–water partition coefficient (Wildman–Crippen LogP) is 16.9. The van der Waals surface area contributed by atoms with Gasteiger partial charge in [0.25, 0.3) is 0 Å². The molecule has 2 nitrogen and oxygen atoms in total. The van der Waals surface area contributed by atoms with Crippen LogP contribution < -0.4 is 9.80 Å². The molecule has 0 atom stereocenters. The van der Waals surface area contributed by atoms with Gasteiger partial charge in [0.15, 0.2) is 0 Å². The fourth-order valence-corrected chi connectivity index (χ4v) is 11.5. The Morgan fingerprint density at radius 1 is 0.310 bits per heavy atom. The molecule has 0 N–H and O–H groups in total. The fraction of sp³-hybridized carbons (Fsp3) is 0.111. The molecule has 0 fully saturated rings. The van der Waals surface area contributed by atoms with Crippen molar-refractivity contribution in [3.63, 3.8) is 0 Å². The molecule has 2 heterocycles. The van der Waals surface area contributed by atoms with E-state index in [1.807, 2.05) is 22.7 Å². The van der Waals surface area contributed by atoms with Crippen molar-refractivity contribution < 1.29 is 0 Å².